The number of aromatic nitrogens is 4. The van der Waals surface area contributed by atoms with Crippen LogP contribution in [-0.2, 0) is 27.5 Å². The molecule has 1 aromatic carbocycles. The first kappa shape index (κ1) is 26.3. The number of piperidine rings is 1. The topological polar surface area (TPSA) is 101 Å². The summed E-state index contributed by atoms with van der Waals surface area (Å²) in [6.45, 7) is 3.00. The lowest BCUT2D eigenvalue weighted by Gasteiger charge is -2.33. The second-order valence-corrected chi connectivity index (χ2v) is 11.6. The standard InChI is InChI=1S/C23H29F3N6O3S/c1-16-27-29-32(28-16)15-19-13-20(23(24,25)26)5-3-18(19)4-8-22(33)30(2)14-17-9-11-31(12-10-17)36(34,35)21-6-7-21/h3-5,8,13,17,21H,6-7,9-12,14-15H2,1-2H3. The number of hydrogen-bond acceptors (Lipinski definition) is 6. The van der Waals surface area contributed by atoms with Crippen molar-refractivity contribution in [1.29, 1.82) is 0 Å². The molecule has 0 atom stereocenters. The molecule has 196 valence electrons. The third-order valence-corrected chi connectivity index (χ3v) is 8.93. The quantitative estimate of drug-likeness (QED) is 0.491. The normalized spacial score (nSPS) is 18.1. The average Bonchev–Trinajstić information content (AvgIpc) is 3.61. The SMILES string of the molecule is Cc1nnn(Cc2cc(C(F)(F)F)ccc2C=CC(=O)N(C)CC2CCN(S(=O)(=O)C3CC3)CC2)n1. The average molecular weight is 527 g/mol. The highest BCUT2D eigenvalue weighted by molar-refractivity contribution is 7.90. The Hall–Kier alpha value is -2.80. The van der Waals surface area contributed by atoms with Gasteiger partial charge in [0, 0.05) is 32.8 Å². The maximum Gasteiger partial charge on any atom is 0.416 e. The first-order chi connectivity index (χ1) is 16.9. The van der Waals surface area contributed by atoms with E-state index in [4.69, 9.17) is 0 Å². The lowest BCUT2D eigenvalue weighted by molar-refractivity contribution is -0.137. The van der Waals surface area contributed by atoms with Crippen LogP contribution in [0, 0.1) is 12.8 Å². The van der Waals surface area contributed by atoms with Crippen molar-refractivity contribution < 1.29 is 26.4 Å². The van der Waals surface area contributed by atoms with E-state index in [-0.39, 0.29) is 23.6 Å². The van der Waals surface area contributed by atoms with Crippen molar-refractivity contribution in [2.24, 2.45) is 5.92 Å². The maximum absolute atomic E-state index is 13.3. The molecule has 0 N–H and O–H groups in total. The highest BCUT2D eigenvalue weighted by Gasteiger charge is 2.41. The molecule has 1 saturated carbocycles. The largest absolute Gasteiger partial charge is 0.416 e. The van der Waals surface area contributed by atoms with E-state index < -0.39 is 21.8 Å². The van der Waals surface area contributed by atoms with E-state index in [1.54, 1.807) is 23.2 Å². The monoisotopic (exact) mass is 526 g/mol. The minimum Gasteiger partial charge on any atom is -0.342 e. The summed E-state index contributed by atoms with van der Waals surface area (Å²) in [4.78, 5) is 15.5. The molecule has 36 heavy (non-hydrogen) atoms. The molecule has 2 aliphatic rings. The third-order valence-electron chi connectivity index (χ3n) is 6.53. The molecule has 0 bridgehead atoms. The zero-order chi connectivity index (χ0) is 26.1. The van der Waals surface area contributed by atoms with Crippen molar-refractivity contribution in [2.75, 3.05) is 26.7 Å². The second kappa shape index (κ2) is 10.3. The number of benzene rings is 1. The van der Waals surface area contributed by atoms with Gasteiger partial charge < -0.3 is 4.90 Å². The van der Waals surface area contributed by atoms with Crippen LogP contribution in [0.4, 0.5) is 13.2 Å². The fraction of sp³-hybridized carbons (Fsp3) is 0.565. The Bertz CT molecular complexity index is 1230. The van der Waals surface area contributed by atoms with Gasteiger partial charge >= 0.3 is 6.18 Å². The zero-order valence-corrected chi connectivity index (χ0v) is 21.0. The molecule has 1 aliphatic carbocycles. The number of halogens is 3. The number of hydrogen-bond donors (Lipinski definition) is 0. The van der Waals surface area contributed by atoms with E-state index in [0.29, 0.717) is 49.4 Å². The molecule has 1 saturated heterocycles. The van der Waals surface area contributed by atoms with E-state index >= 15 is 0 Å². The van der Waals surface area contributed by atoms with Crippen molar-refractivity contribution >= 4 is 22.0 Å². The van der Waals surface area contributed by atoms with Crippen molar-refractivity contribution in [1.82, 2.24) is 29.4 Å². The first-order valence-corrected chi connectivity index (χ1v) is 13.3. The number of carbonyl (C=O) groups is 1. The molecule has 1 amide bonds. The smallest absolute Gasteiger partial charge is 0.342 e. The van der Waals surface area contributed by atoms with Gasteiger partial charge in [-0.15, -0.1) is 10.2 Å². The summed E-state index contributed by atoms with van der Waals surface area (Å²) in [5.41, 5.74) is -0.0542. The zero-order valence-electron chi connectivity index (χ0n) is 20.1. The van der Waals surface area contributed by atoms with Gasteiger partial charge in [-0.3, -0.25) is 4.79 Å². The van der Waals surface area contributed by atoms with E-state index in [1.807, 2.05) is 0 Å². The highest BCUT2D eigenvalue weighted by Crippen LogP contribution is 2.33. The lowest BCUT2D eigenvalue weighted by atomic mass is 9.97. The van der Waals surface area contributed by atoms with Gasteiger partial charge in [0.1, 0.15) is 0 Å². The molecule has 2 fully saturated rings. The molecule has 2 heterocycles. The van der Waals surface area contributed by atoms with Gasteiger partial charge in [0.25, 0.3) is 0 Å². The molecule has 4 rings (SSSR count). The van der Waals surface area contributed by atoms with E-state index in [1.165, 1.54) is 23.0 Å². The van der Waals surface area contributed by atoms with Gasteiger partial charge in [-0.2, -0.15) is 18.0 Å². The van der Waals surface area contributed by atoms with Crippen molar-refractivity contribution in [3.8, 4) is 0 Å². The molecule has 2 aromatic rings. The molecule has 1 aliphatic heterocycles. The number of nitrogens with zero attached hydrogens (tertiary/aromatic N) is 6. The van der Waals surface area contributed by atoms with E-state index in [2.05, 4.69) is 15.4 Å². The minimum atomic E-state index is -4.51. The third kappa shape index (κ3) is 6.30. The summed E-state index contributed by atoms with van der Waals surface area (Å²) in [5.74, 6) is 0.289. The Morgan fingerprint density at radius 1 is 1.19 bits per heavy atom. The van der Waals surface area contributed by atoms with Crippen LogP contribution >= 0.6 is 0 Å². The molecule has 0 radical (unpaired) electrons. The fourth-order valence-corrected chi connectivity index (χ4v) is 6.19. The Balaban J connectivity index is 1.39. The molecule has 9 nitrogen and oxygen atoms in total. The predicted octanol–water partition coefficient (Wildman–Crippen LogP) is 2.72. The number of aryl methyl sites for hydroxylation is 1. The Morgan fingerprint density at radius 2 is 1.89 bits per heavy atom. The lowest BCUT2D eigenvalue weighted by Crippen LogP contribution is -2.42. The molecule has 0 spiro atoms. The van der Waals surface area contributed by atoms with Gasteiger partial charge in [0.05, 0.1) is 17.4 Å². The predicted molar refractivity (Wildman–Crippen MR) is 126 cm³/mol. The number of amides is 1. The van der Waals surface area contributed by atoms with Gasteiger partial charge in [-0.25, -0.2) is 12.7 Å². The molecular weight excluding hydrogens is 497 g/mol. The van der Waals surface area contributed by atoms with Gasteiger partial charge in [-0.1, -0.05) is 6.07 Å². The molecule has 0 unspecified atom stereocenters. The van der Waals surface area contributed by atoms with Crippen LogP contribution in [0.5, 0.6) is 0 Å². The Morgan fingerprint density at radius 3 is 2.47 bits per heavy atom. The van der Waals surface area contributed by atoms with Crippen LogP contribution in [0.25, 0.3) is 6.08 Å². The number of likely N-dealkylation sites (N-methyl/N-ethyl adjacent to an activating group) is 1. The van der Waals surface area contributed by atoms with Crippen LogP contribution in [-0.4, -0.2) is 75.7 Å². The van der Waals surface area contributed by atoms with E-state index in [0.717, 1.165) is 25.0 Å². The Labute approximate surface area is 208 Å². The van der Waals surface area contributed by atoms with Crippen LogP contribution in [0.3, 0.4) is 0 Å². The number of sulfonamides is 1. The van der Waals surface area contributed by atoms with Gasteiger partial charge in [0.2, 0.25) is 15.9 Å². The molecule has 13 heteroatoms. The highest BCUT2D eigenvalue weighted by atomic mass is 32.2. The van der Waals surface area contributed by atoms with Gasteiger partial charge in [0.15, 0.2) is 5.82 Å². The van der Waals surface area contributed by atoms with Crippen LogP contribution in [0.1, 0.15) is 48.2 Å². The summed E-state index contributed by atoms with van der Waals surface area (Å²) >= 11 is 0. The number of tetrazole rings is 1. The number of alkyl halides is 3. The first-order valence-electron chi connectivity index (χ1n) is 11.8. The summed E-state index contributed by atoms with van der Waals surface area (Å²) in [5, 5.41) is 11.4. The van der Waals surface area contributed by atoms with Crippen molar-refractivity contribution in [3.63, 3.8) is 0 Å². The van der Waals surface area contributed by atoms with Crippen molar-refractivity contribution in [2.45, 2.75) is 50.6 Å². The maximum atomic E-state index is 13.3. The Kier molecular flexibility index (Phi) is 7.51. The summed E-state index contributed by atoms with van der Waals surface area (Å²) < 4.78 is 66.1. The van der Waals surface area contributed by atoms with Crippen LogP contribution in [0.2, 0.25) is 0 Å². The number of carbonyl (C=O) groups excluding carboxylic acids is 1. The molecular formula is C23H29F3N6O3S. The molecule has 1 aromatic heterocycles. The summed E-state index contributed by atoms with van der Waals surface area (Å²) in [6, 6.07) is 3.32. The van der Waals surface area contributed by atoms with Crippen molar-refractivity contribution in [3.05, 3.63) is 46.8 Å². The van der Waals surface area contributed by atoms with Gasteiger partial charge in [-0.05, 0) is 73.1 Å². The van der Waals surface area contributed by atoms with Crippen LogP contribution in [0.15, 0.2) is 24.3 Å². The van der Waals surface area contributed by atoms with E-state index in [9.17, 15) is 26.4 Å². The minimum absolute atomic E-state index is 0.0310. The fourth-order valence-electron chi connectivity index (χ4n) is 4.31. The number of rotatable bonds is 8. The summed E-state index contributed by atoms with van der Waals surface area (Å²) in [6.07, 6.45) is 1.15. The van der Waals surface area contributed by atoms with Crippen LogP contribution < -0.4 is 0 Å². The second-order valence-electron chi connectivity index (χ2n) is 9.42. The summed E-state index contributed by atoms with van der Waals surface area (Å²) in [7, 11) is -1.52.